The van der Waals surface area contributed by atoms with Gasteiger partial charge in [-0.25, -0.2) is 4.98 Å². The number of hydrogen-bond donors (Lipinski definition) is 2. The molecule has 1 aliphatic heterocycles. The smallest absolute Gasteiger partial charge is 0.192 e. The van der Waals surface area contributed by atoms with Gasteiger partial charge in [0.1, 0.15) is 5.52 Å². The molecule has 1 aromatic heterocycles. The van der Waals surface area contributed by atoms with E-state index >= 15 is 0 Å². The van der Waals surface area contributed by atoms with Crippen LogP contribution in [0.15, 0.2) is 22.6 Å². The van der Waals surface area contributed by atoms with Crippen molar-refractivity contribution >= 4 is 16.8 Å². The van der Waals surface area contributed by atoms with Crippen LogP contribution in [0.4, 0.5) is 5.69 Å². The number of nitrogens with one attached hydrogen (secondary N) is 2. The second-order valence-corrected chi connectivity index (χ2v) is 5.84. The molecule has 1 aliphatic rings. The van der Waals surface area contributed by atoms with Crippen LogP contribution < -0.4 is 10.6 Å². The highest BCUT2D eigenvalue weighted by atomic mass is 16.3. The molecule has 0 radical (unpaired) electrons. The van der Waals surface area contributed by atoms with Gasteiger partial charge in [-0.1, -0.05) is 6.42 Å². The molecule has 2 aromatic rings. The van der Waals surface area contributed by atoms with E-state index in [4.69, 9.17) is 4.42 Å². The number of benzene rings is 1. The molecule has 2 heterocycles. The average Bonchev–Trinajstić information content (AvgIpc) is 2.79. The van der Waals surface area contributed by atoms with E-state index in [2.05, 4.69) is 34.7 Å². The maximum absolute atomic E-state index is 5.50. The van der Waals surface area contributed by atoms with Crippen molar-refractivity contribution in [3.8, 4) is 0 Å². The number of nitrogens with zero attached hydrogens (tertiary/aromatic N) is 1. The second kappa shape index (κ2) is 5.83. The fourth-order valence-electron chi connectivity index (χ4n) is 3.03. The molecule has 1 fully saturated rings. The SMILES string of the molecule is Cc1nc2cc(NC(C)CC3CCCCN3)ccc2o1. The van der Waals surface area contributed by atoms with Crippen LogP contribution in [0.25, 0.3) is 11.1 Å². The molecule has 2 atom stereocenters. The topological polar surface area (TPSA) is 50.1 Å². The summed E-state index contributed by atoms with van der Waals surface area (Å²) in [5, 5.41) is 7.17. The lowest BCUT2D eigenvalue weighted by Gasteiger charge is -2.27. The molecule has 20 heavy (non-hydrogen) atoms. The molecular formula is C16H23N3O. The molecule has 2 unspecified atom stereocenters. The van der Waals surface area contributed by atoms with Crippen molar-refractivity contribution in [2.75, 3.05) is 11.9 Å². The standard InChI is InChI=1S/C16H23N3O/c1-11(9-13-5-3-4-8-17-13)18-14-6-7-16-15(10-14)19-12(2)20-16/h6-7,10-11,13,17-18H,3-5,8-9H2,1-2H3. The van der Waals surface area contributed by atoms with Gasteiger partial charge in [0, 0.05) is 24.7 Å². The number of anilines is 1. The minimum Gasteiger partial charge on any atom is -0.441 e. The van der Waals surface area contributed by atoms with Gasteiger partial charge in [-0.2, -0.15) is 0 Å². The fourth-order valence-corrected chi connectivity index (χ4v) is 3.03. The van der Waals surface area contributed by atoms with Gasteiger partial charge in [0.05, 0.1) is 0 Å². The average molecular weight is 273 g/mol. The highest BCUT2D eigenvalue weighted by Gasteiger charge is 2.15. The predicted molar refractivity (Wildman–Crippen MR) is 82.1 cm³/mol. The summed E-state index contributed by atoms with van der Waals surface area (Å²) in [5.74, 6) is 0.719. The molecule has 2 N–H and O–H groups in total. The van der Waals surface area contributed by atoms with Gasteiger partial charge in [0.2, 0.25) is 0 Å². The maximum Gasteiger partial charge on any atom is 0.192 e. The van der Waals surface area contributed by atoms with Crippen LogP contribution in [0.5, 0.6) is 0 Å². The zero-order valence-corrected chi connectivity index (χ0v) is 12.3. The van der Waals surface area contributed by atoms with Crippen molar-refractivity contribution < 1.29 is 4.42 Å². The van der Waals surface area contributed by atoms with E-state index in [1.54, 1.807) is 0 Å². The van der Waals surface area contributed by atoms with Crippen LogP contribution in [0.1, 0.15) is 38.5 Å². The number of piperidine rings is 1. The van der Waals surface area contributed by atoms with E-state index in [0.717, 1.165) is 29.1 Å². The van der Waals surface area contributed by atoms with Gasteiger partial charge in [-0.15, -0.1) is 0 Å². The van der Waals surface area contributed by atoms with Crippen molar-refractivity contribution in [3.63, 3.8) is 0 Å². The van der Waals surface area contributed by atoms with E-state index in [1.165, 1.54) is 25.8 Å². The van der Waals surface area contributed by atoms with E-state index in [-0.39, 0.29) is 0 Å². The molecule has 108 valence electrons. The summed E-state index contributed by atoms with van der Waals surface area (Å²) in [6, 6.07) is 7.23. The summed E-state index contributed by atoms with van der Waals surface area (Å²) in [4.78, 5) is 4.38. The van der Waals surface area contributed by atoms with Gasteiger partial charge in [-0.05, 0) is 50.9 Å². The Bertz CT molecular complexity index is 572. The first-order chi connectivity index (χ1) is 9.70. The Labute approximate surface area is 120 Å². The predicted octanol–water partition coefficient (Wildman–Crippen LogP) is 3.47. The largest absolute Gasteiger partial charge is 0.441 e. The Kier molecular flexibility index (Phi) is 3.92. The molecule has 0 aliphatic carbocycles. The van der Waals surface area contributed by atoms with Gasteiger partial charge in [0.25, 0.3) is 0 Å². The van der Waals surface area contributed by atoms with Crippen LogP contribution in [0, 0.1) is 6.92 Å². The summed E-state index contributed by atoms with van der Waals surface area (Å²) in [6.07, 6.45) is 5.14. The third-order valence-corrected chi connectivity index (χ3v) is 3.96. The summed E-state index contributed by atoms with van der Waals surface area (Å²) in [7, 11) is 0. The summed E-state index contributed by atoms with van der Waals surface area (Å²) in [5.41, 5.74) is 2.90. The van der Waals surface area contributed by atoms with Crippen molar-refractivity contribution in [2.45, 2.75) is 51.6 Å². The Hall–Kier alpha value is -1.55. The van der Waals surface area contributed by atoms with Gasteiger partial charge in [0.15, 0.2) is 11.5 Å². The third-order valence-electron chi connectivity index (χ3n) is 3.96. The molecule has 0 spiro atoms. The first-order valence-corrected chi connectivity index (χ1v) is 7.58. The minimum absolute atomic E-state index is 0.455. The van der Waals surface area contributed by atoms with E-state index in [1.807, 2.05) is 13.0 Å². The van der Waals surface area contributed by atoms with Crippen LogP contribution in [0.3, 0.4) is 0 Å². The highest BCUT2D eigenvalue weighted by molar-refractivity contribution is 5.77. The number of aryl methyl sites for hydroxylation is 1. The zero-order valence-electron chi connectivity index (χ0n) is 12.3. The molecule has 4 nitrogen and oxygen atoms in total. The number of oxazole rings is 1. The van der Waals surface area contributed by atoms with Crippen LogP contribution in [-0.2, 0) is 0 Å². The van der Waals surface area contributed by atoms with E-state index in [0.29, 0.717) is 12.1 Å². The molecule has 4 heteroatoms. The zero-order chi connectivity index (χ0) is 13.9. The first-order valence-electron chi connectivity index (χ1n) is 7.58. The van der Waals surface area contributed by atoms with Crippen LogP contribution in [0.2, 0.25) is 0 Å². The number of rotatable bonds is 4. The fraction of sp³-hybridized carbons (Fsp3) is 0.562. The van der Waals surface area contributed by atoms with E-state index < -0.39 is 0 Å². The van der Waals surface area contributed by atoms with Gasteiger partial charge < -0.3 is 15.1 Å². The molecule has 0 saturated carbocycles. The lowest BCUT2D eigenvalue weighted by molar-refractivity contribution is 0.371. The Morgan fingerprint density at radius 1 is 1.45 bits per heavy atom. The summed E-state index contributed by atoms with van der Waals surface area (Å²) in [6.45, 7) is 5.29. The summed E-state index contributed by atoms with van der Waals surface area (Å²) < 4.78 is 5.50. The lowest BCUT2D eigenvalue weighted by atomic mass is 9.98. The molecule has 1 saturated heterocycles. The third kappa shape index (κ3) is 3.12. The quantitative estimate of drug-likeness (QED) is 0.895. The maximum atomic E-state index is 5.50. The highest BCUT2D eigenvalue weighted by Crippen LogP contribution is 2.21. The number of aromatic nitrogens is 1. The first kappa shape index (κ1) is 13.4. The Balaban J connectivity index is 1.62. The Morgan fingerprint density at radius 3 is 3.15 bits per heavy atom. The number of hydrogen-bond acceptors (Lipinski definition) is 4. The van der Waals surface area contributed by atoms with Crippen molar-refractivity contribution in [1.82, 2.24) is 10.3 Å². The van der Waals surface area contributed by atoms with Crippen molar-refractivity contribution in [1.29, 1.82) is 0 Å². The van der Waals surface area contributed by atoms with Crippen LogP contribution in [-0.4, -0.2) is 23.6 Å². The normalized spacial score (nSPS) is 21.0. The van der Waals surface area contributed by atoms with Crippen molar-refractivity contribution in [2.24, 2.45) is 0 Å². The Morgan fingerprint density at radius 2 is 2.35 bits per heavy atom. The van der Waals surface area contributed by atoms with Crippen LogP contribution >= 0.6 is 0 Å². The molecular weight excluding hydrogens is 250 g/mol. The molecule has 3 rings (SSSR count). The van der Waals surface area contributed by atoms with Gasteiger partial charge >= 0.3 is 0 Å². The molecule has 0 amide bonds. The van der Waals surface area contributed by atoms with E-state index in [9.17, 15) is 0 Å². The van der Waals surface area contributed by atoms with Gasteiger partial charge in [-0.3, -0.25) is 0 Å². The second-order valence-electron chi connectivity index (χ2n) is 5.84. The lowest BCUT2D eigenvalue weighted by Crippen LogP contribution is -2.37. The molecule has 1 aromatic carbocycles. The molecule has 0 bridgehead atoms. The summed E-state index contributed by atoms with van der Waals surface area (Å²) >= 11 is 0. The minimum atomic E-state index is 0.455. The number of fused-ring (bicyclic) bond motifs is 1. The van der Waals surface area contributed by atoms with Crippen molar-refractivity contribution in [3.05, 3.63) is 24.1 Å². The monoisotopic (exact) mass is 273 g/mol.